The summed E-state index contributed by atoms with van der Waals surface area (Å²) >= 11 is 0. The van der Waals surface area contributed by atoms with Gasteiger partial charge in [0.1, 0.15) is 5.75 Å². The minimum absolute atomic E-state index is 0.351. The zero-order valence-electron chi connectivity index (χ0n) is 9.47. The fourth-order valence-electron chi connectivity index (χ4n) is 1.32. The molecule has 0 aliphatic carbocycles. The van der Waals surface area contributed by atoms with Gasteiger partial charge in [-0.2, -0.15) is 10.2 Å². The number of hydrogen-bond donors (Lipinski definition) is 2. The lowest BCUT2D eigenvalue weighted by molar-refractivity contribution is 0.288. The normalized spacial score (nSPS) is 10.6. The molecule has 6 heteroatoms. The van der Waals surface area contributed by atoms with E-state index in [0.717, 1.165) is 5.69 Å². The molecule has 2 N–H and O–H groups in total. The first-order valence-corrected chi connectivity index (χ1v) is 5.34. The summed E-state index contributed by atoms with van der Waals surface area (Å²) in [6, 6.07) is 15.9. The van der Waals surface area contributed by atoms with Gasteiger partial charge in [-0.3, -0.25) is 0 Å². The van der Waals surface area contributed by atoms with E-state index < -0.39 is 7.32 Å². The van der Waals surface area contributed by atoms with E-state index in [1.54, 1.807) is 24.3 Å². The highest BCUT2D eigenvalue weighted by atomic mass is 16.6. The summed E-state index contributed by atoms with van der Waals surface area (Å²) in [6.45, 7) is 0. The van der Waals surface area contributed by atoms with Crippen molar-refractivity contribution < 1.29 is 14.7 Å². The van der Waals surface area contributed by atoms with Gasteiger partial charge in [0.15, 0.2) is 0 Å². The highest BCUT2D eigenvalue weighted by molar-refractivity contribution is 6.33. The third-order valence-corrected chi connectivity index (χ3v) is 2.12. The Kier molecular flexibility index (Phi) is 4.06. The Balaban J connectivity index is 2.04. The summed E-state index contributed by atoms with van der Waals surface area (Å²) in [5.74, 6) is 0.351. The average molecular weight is 242 g/mol. The third-order valence-electron chi connectivity index (χ3n) is 2.12. The second kappa shape index (κ2) is 5.95. The molecule has 0 bridgehead atoms. The topological polar surface area (TPSA) is 74.4 Å². The van der Waals surface area contributed by atoms with E-state index in [9.17, 15) is 0 Å². The van der Waals surface area contributed by atoms with E-state index >= 15 is 0 Å². The lowest BCUT2D eigenvalue weighted by Crippen LogP contribution is -2.20. The van der Waals surface area contributed by atoms with Crippen LogP contribution in [0.25, 0.3) is 0 Å². The highest BCUT2D eigenvalue weighted by Gasteiger charge is 2.10. The van der Waals surface area contributed by atoms with Gasteiger partial charge >= 0.3 is 7.32 Å². The second-order valence-electron chi connectivity index (χ2n) is 3.47. The Morgan fingerprint density at radius 1 is 0.778 bits per heavy atom. The third kappa shape index (κ3) is 3.69. The molecule has 0 spiro atoms. The molecule has 0 unspecified atom stereocenters. The lowest BCUT2D eigenvalue weighted by atomic mass is 10.2. The van der Waals surface area contributed by atoms with Gasteiger partial charge < -0.3 is 14.7 Å². The van der Waals surface area contributed by atoms with Gasteiger partial charge in [0.2, 0.25) is 0 Å². The van der Waals surface area contributed by atoms with Gasteiger partial charge in [-0.1, -0.05) is 18.2 Å². The van der Waals surface area contributed by atoms with Crippen LogP contribution in [0.3, 0.4) is 0 Å². The molecule has 0 aliphatic heterocycles. The van der Waals surface area contributed by atoms with Crippen LogP contribution >= 0.6 is 0 Å². The van der Waals surface area contributed by atoms with Gasteiger partial charge in [0, 0.05) is 0 Å². The van der Waals surface area contributed by atoms with E-state index in [1.807, 2.05) is 30.3 Å². The van der Waals surface area contributed by atoms with Crippen molar-refractivity contribution in [3.63, 3.8) is 0 Å². The largest absolute Gasteiger partial charge is 0.707 e. The van der Waals surface area contributed by atoms with Gasteiger partial charge in [-0.15, -0.1) is 0 Å². The molecule has 0 saturated carbocycles. The van der Waals surface area contributed by atoms with Crippen LogP contribution in [0, 0.1) is 0 Å². The SMILES string of the molecule is OB(O)Oc1ccc(N=Nc2ccccc2)cc1. The summed E-state index contributed by atoms with van der Waals surface area (Å²) < 4.78 is 4.67. The molecule has 0 fully saturated rings. The summed E-state index contributed by atoms with van der Waals surface area (Å²) in [5.41, 5.74) is 1.42. The molecule has 2 rings (SSSR count). The zero-order valence-corrected chi connectivity index (χ0v) is 9.47. The predicted molar refractivity (Wildman–Crippen MR) is 67.9 cm³/mol. The van der Waals surface area contributed by atoms with Crippen LogP contribution in [0.5, 0.6) is 5.75 Å². The van der Waals surface area contributed by atoms with Crippen molar-refractivity contribution in [2.24, 2.45) is 10.2 Å². The fourth-order valence-corrected chi connectivity index (χ4v) is 1.32. The smallest absolute Gasteiger partial charge is 0.512 e. The van der Waals surface area contributed by atoms with Gasteiger partial charge in [0.25, 0.3) is 0 Å². The minimum atomic E-state index is -1.82. The van der Waals surface area contributed by atoms with Crippen molar-refractivity contribution in [2.45, 2.75) is 0 Å². The number of rotatable bonds is 4. The Morgan fingerprint density at radius 3 is 1.89 bits per heavy atom. The van der Waals surface area contributed by atoms with E-state index in [1.165, 1.54) is 0 Å². The van der Waals surface area contributed by atoms with E-state index in [4.69, 9.17) is 10.0 Å². The number of hydrogen-bond acceptors (Lipinski definition) is 5. The van der Waals surface area contributed by atoms with Crippen LogP contribution in [-0.2, 0) is 0 Å². The second-order valence-corrected chi connectivity index (χ2v) is 3.47. The lowest BCUT2D eigenvalue weighted by Gasteiger charge is -2.03. The van der Waals surface area contributed by atoms with Crippen LogP contribution in [0.15, 0.2) is 64.8 Å². The van der Waals surface area contributed by atoms with Crippen molar-refractivity contribution in [3.8, 4) is 5.75 Å². The first kappa shape index (κ1) is 12.3. The van der Waals surface area contributed by atoms with E-state index in [0.29, 0.717) is 11.4 Å². The quantitative estimate of drug-likeness (QED) is 0.638. The molecular weight excluding hydrogens is 231 g/mol. The standard InChI is InChI=1S/C12H11BN2O3/c16-13(17)18-12-8-6-11(7-9-12)15-14-10-4-2-1-3-5-10/h1-9,16-17H. The van der Waals surface area contributed by atoms with Crippen LogP contribution in [-0.4, -0.2) is 17.4 Å². The van der Waals surface area contributed by atoms with Gasteiger partial charge in [0.05, 0.1) is 11.4 Å². The van der Waals surface area contributed by atoms with Crippen molar-refractivity contribution in [1.82, 2.24) is 0 Å². The van der Waals surface area contributed by atoms with Crippen LogP contribution in [0.4, 0.5) is 11.4 Å². The summed E-state index contributed by atoms with van der Waals surface area (Å²) in [5, 5.41) is 25.3. The molecule has 90 valence electrons. The predicted octanol–water partition coefficient (Wildman–Crippen LogP) is 2.45. The van der Waals surface area contributed by atoms with Gasteiger partial charge in [-0.25, -0.2) is 0 Å². The molecular formula is C12H11BN2O3. The van der Waals surface area contributed by atoms with Crippen molar-refractivity contribution in [2.75, 3.05) is 0 Å². The first-order valence-electron chi connectivity index (χ1n) is 5.34. The molecule has 0 heterocycles. The molecule has 2 aromatic carbocycles. The Labute approximate surface area is 105 Å². The molecule has 2 aromatic rings. The maximum absolute atomic E-state index is 8.62. The van der Waals surface area contributed by atoms with Crippen molar-refractivity contribution >= 4 is 18.7 Å². The first-order chi connectivity index (χ1) is 8.74. The van der Waals surface area contributed by atoms with Gasteiger partial charge in [-0.05, 0) is 36.4 Å². The fraction of sp³-hybridized carbons (Fsp3) is 0. The number of azo groups is 1. The van der Waals surface area contributed by atoms with Crippen LogP contribution in [0.1, 0.15) is 0 Å². The number of nitrogens with zero attached hydrogens (tertiary/aromatic N) is 2. The maximum Gasteiger partial charge on any atom is 0.707 e. The van der Waals surface area contributed by atoms with Crippen molar-refractivity contribution in [3.05, 3.63) is 54.6 Å². The van der Waals surface area contributed by atoms with E-state index in [2.05, 4.69) is 14.9 Å². The summed E-state index contributed by atoms with van der Waals surface area (Å²) in [6.07, 6.45) is 0. The molecule has 0 amide bonds. The monoisotopic (exact) mass is 242 g/mol. The van der Waals surface area contributed by atoms with Crippen LogP contribution < -0.4 is 4.65 Å². The Morgan fingerprint density at radius 2 is 1.33 bits per heavy atom. The summed E-state index contributed by atoms with van der Waals surface area (Å²) in [7, 11) is -1.82. The minimum Gasteiger partial charge on any atom is -0.512 e. The highest BCUT2D eigenvalue weighted by Crippen LogP contribution is 2.21. The molecule has 0 aliphatic rings. The zero-order chi connectivity index (χ0) is 12.8. The molecule has 0 saturated heterocycles. The molecule has 0 radical (unpaired) electrons. The maximum atomic E-state index is 8.62. The van der Waals surface area contributed by atoms with E-state index in [-0.39, 0.29) is 0 Å². The Hall–Kier alpha value is -2.18. The Bertz CT molecular complexity index is 515. The van der Waals surface area contributed by atoms with Crippen molar-refractivity contribution in [1.29, 1.82) is 0 Å². The molecule has 5 nitrogen and oxygen atoms in total. The molecule has 0 aromatic heterocycles. The number of benzene rings is 2. The summed E-state index contributed by atoms with van der Waals surface area (Å²) in [4.78, 5) is 0. The molecule has 18 heavy (non-hydrogen) atoms. The average Bonchev–Trinajstić information content (AvgIpc) is 2.38. The van der Waals surface area contributed by atoms with Crippen LogP contribution in [0.2, 0.25) is 0 Å². The molecule has 0 atom stereocenters.